The fourth-order valence-electron chi connectivity index (χ4n) is 3.35. The lowest BCUT2D eigenvalue weighted by atomic mass is 10.1. The quantitative estimate of drug-likeness (QED) is 0.516. The van der Waals surface area contributed by atoms with Gasteiger partial charge in [-0.3, -0.25) is 4.79 Å². The van der Waals surface area contributed by atoms with Gasteiger partial charge in [-0.2, -0.15) is 0 Å². The fourth-order valence-corrected chi connectivity index (χ4v) is 5.04. The van der Waals surface area contributed by atoms with Gasteiger partial charge in [0.25, 0.3) is 5.91 Å². The van der Waals surface area contributed by atoms with Gasteiger partial charge in [0.1, 0.15) is 10.7 Å². The van der Waals surface area contributed by atoms with Crippen molar-refractivity contribution in [1.82, 2.24) is 0 Å². The van der Waals surface area contributed by atoms with Crippen molar-refractivity contribution in [1.29, 1.82) is 0 Å². The Balaban J connectivity index is 1.56. The van der Waals surface area contributed by atoms with Gasteiger partial charge in [0.05, 0.1) is 10.7 Å². The molecule has 0 radical (unpaired) electrons. The normalized spacial score (nSPS) is 14.6. The number of carbonyl (C=O) groups is 1. The van der Waals surface area contributed by atoms with E-state index >= 15 is 0 Å². The molecule has 3 aromatic rings. The van der Waals surface area contributed by atoms with E-state index in [0.29, 0.717) is 26.3 Å². The van der Waals surface area contributed by atoms with Crippen molar-refractivity contribution < 1.29 is 9.18 Å². The average Bonchev–Trinajstić information content (AvgIpc) is 2.98. The highest BCUT2D eigenvalue weighted by molar-refractivity contribution is 7.21. The van der Waals surface area contributed by atoms with E-state index in [9.17, 15) is 9.18 Å². The SMILES string of the molecule is O=C(Nc1ccc(N2CCCCC2)c(F)c1)c1sc2cc(Cl)ccc2c1Cl. The number of anilines is 2. The van der Waals surface area contributed by atoms with Gasteiger partial charge in [-0.15, -0.1) is 11.3 Å². The van der Waals surface area contributed by atoms with E-state index in [1.807, 2.05) is 0 Å². The van der Waals surface area contributed by atoms with Crippen LogP contribution in [0.1, 0.15) is 28.9 Å². The Labute approximate surface area is 170 Å². The third-order valence-electron chi connectivity index (χ3n) is 4.70. The van der Waals surface area contributed by atoms with Crippen LogP contribution in [0, 0.1) is 5.82 Å². The molecule has 1 saturated heterocycles. The topological polar surface area (TPSA) is 32.3 Å². The fraction of sp³-hybridized carbons (Fsp3) is 0.250. The van der Waals surface area contributed by atoms with Crippen molar-refractivity contribution in [2.24, 2.45) is 0 Å². The number of halogens is 3. The molecule has 3 nitrogen and oxygen atoms in total. The maximum atomic E-state index is 14.5. The van der Waals surface area contributed by atoms with Gasteiger partial charge in [-0.1, -0.05) is 29.3 Å². The molecule has 4 rings (SSSR count). The minimum Gasteiger partial charge on any atom is -0.369 e. The second kappa shape index (κ2) is 7.66. The molecule has 27 heavy (non-hydrogen) atoms. The first-order valence-corrected chi connectivity index (χ1v) is 10.3. The van der Waals surface area contributed by atoms with Gasteiger partial charge in [-0.25, -0.2) is 4.39 Å². The van der Waals surface area contributed by atoms with Crippen molar-refractivity contribution in [2.75, 3.05) is 23.3 Å². The number of benzene rings is 2. The summed E-state index contributed by atoms with van der Waals surface area (Å²) in [7, 11) is 0. The van der Waals surface area contributed by atoms with E-state index in [4.69, 9.17) is 23.2 Å². The van der Waals surface area contributed by atoms with Gasteiger partial charge >= 0.3 is 0 Å². The lowest BCUT2D eigenvalue weighted by Gasteiger charge is -2.29. The molecule has 2 heterocycles. The first-order chi connectivity index (χ1) is 13.0. The summed E-state index contributed by atoms with van der Waals surface area (Å²) in [6.45, 7) is 1.73. The lowest BCUT2D eigenvalue weighted by molar-refractivity contribution is 0.103. The number of piperidine rings is 1. The largest absolute Gasteiger partial charge is 0.369 e. The maximum Gasteiger partial charge on any atom is 0.267 e. The molecular weight excluding hydrogens is 406 g/mol. The molecule has 0 saturated carbocycles. The number of hydrogen-bond donors (Lipinski definition) is 1. The predicted octanol–water partition coefficient (Wildman–Crippen LogP) is 6.59. The molecule has 1 fully saturated rings. The minimum absolute atomic E-state index is 0.330. The summed E-state index contributed by atoms with van der Waals surface area (Å²) in [6.07, 6.45) is 3.34. The summed E-state index contributed by atoms with van der Waals surface area (Å²) < 4.78 is 15.4. The molecule has 0 spiro atoms. The molecule has 0 atom stereocenters. The highest BCUT2D eigenvalue weighted by Gasteiger charge is 2.19. The van der Waals surface area contributed by atoms with Crippen LogP contribution in [-0.2, 0) is 0 Å². The third kappa shape index (κ3) is 3.77. The van der Waals surface area contributed by atoms with Crippen molar-refractivity contribution in [3.63, 3.8) is 0 Å². The van der Waals surface area contributed by atoms with E-state index in [1.165, 1.54) is 23.8 Å². The monoisotopic (exact) mass is 422 g/mol. The zero-order valence-electron chi connectivity index (χ0n) is 14.4. The molecule has 2 aromatic carbocycles. The highest BCUT2D eigenvalue weighted by Crippen LogP contribution is 2.37. The van der Waals surface area contributed by atoms with Crippen LogP contribution >= 0.6 is 34.5 Å². The van der Waals surface area contributed by atoms with E-state index in [2.05, 4.69) is 10.2 Å². The molecule has 0 bridgehead atoms. The zero-order chi connectivity index (χ0) is 19.0. The third-order valence-corrected chi connectivity index (χ3v) is 6.59. The van der Waals surface area contributed by atoms with E-state index in [-0.39, 0.29) is 11.7 Å². The number of amides is 1. The number of rotatable bonds is 3. The van der Waals surface area contributed by atoms with Crippen molar-refractivity contribution in [2.45, 2.75) is 19.3 Å². The summed E-state index contributed by atoms with van der Waals surface area (Å²) in [5, 5.41) is 4.49. The second-order valence-electron chi connectivity index (χ2n) is 6.55. The molecule has 140 valence electrons. The molecule has 0 unspecified atom stereocenters. The van der Waals surface area contributed by atoms with Crippen LogP contribution in [-0.4, -0.2) is 19.0 Å². The standard InChI is InChI=1S/C20H17Cl2FN2OS/c21-12-4-6-14-17(10-12)27-19(18(14)22)20(26)24-13-5-7-16(15(23)11-13)25-8-2-1-3-9-25/h4-7,10-11H,1-3,8-9H2,(H,24,26). The Kier molecular flexibility index (Phi) is 5.26. The van der Waals surface area contributed by atoms with Crippen molar-refractivity contribution >= 4 is 61.9 Å². The zero-order valence-corrected chi connectivity index (χ0v) is 16.7. The van der Waals surface area contributed by atoms with Gasteiger partial charge in [-0.05, 0) is 49.6 Å². The Bertz CT molecular complexity index is 1010. The number of thiophene rings is 1. The highest BCUT2D eigenvalue weighted by atomic mass is 35.5. The number of nitrogens with zero attached hydrogens (tertiary/aromatic N) is 1. The van der Waals surface area contributed by atoms with Gasteiger partial charge in [0, 0.05) is 33.9 Å². The van der Waals surface area contributed by atoms with E-state index in [1.54, 1.807) is 30.3 Å². The van der Waals surface area contributed by atoms with Crippen molar-refractivity contribution in [3.8, 4) is 0 Å². The van der Waals surface area contributed by atoms with E-state index < -0.39 is 0 Å². The molecule has 1 aromatic heterocycles. The average molecular weight is 423 g/mol. The van der Waals surface area contributed by atoms with Gasteiger partial charge in [0.2, 0.25) is 0 Å². The number of carbonyl (C=O) groups excluding carboxylic acids is 1. The minimum atomic E-state index is -0.359. The first-order valence-electron chi connectivity index (χ1n) is 8.76. The van der Waals surface area contributed by atoms with Gasteiger partial charge < -0.3 is 10.2 Å². The molecule has 1 aliphatic rings. The lowest BCUT2D eigenvalue weighted by Crippen LogP contribution is -2.30. The van der Waals surface area contributed by atoms with Gasteiger partial charge in [0.15, 0.2) is 0 Å². The summed E-state index contributed by atoms with van der Waals surface area (Å²) in [5.41, 5.74) is 0.993. The van der Waals surface area contributed by atoms with Crippen LogP contribution in [0.25, 0.3) is 10.1 Å². The van der Waals surface area contributed by atoms with E-state index in [0.717, 1.165) is 36.0 Å². The number of nitrogens with one attached hydrogen (secondary N) is 1. The molecule has 0 aliphatic carbocycles. The number of fused-ring (bicyclic) bond motifs is 1. The molecule has 1 amide bonds. The van der Waals surface area contributed by atoms with Crippen molar-refractivity contribution in [3.05, 3.63) is 57.1 Å². The summed E-state index contributed by atoms with van der Waals surface area (Å²) >= 11 is 13.6. The maximum absolute atomic E-state index is 14.5. The first kappa shape index (κ1) is 18.5. The van der Waals surface area contributed by atoms with Crippen LogP contribution in [0.3, 0.4) is 0 Å². The van der Waals surface area contributed by atoms with Crippen LogP contribution in [0.15, 0.2) is 36.4 Å². The Morgan fingerprint density at radius 2 is 1.85 bits per heavy atom. The van der Waals surface area contributed by atoms with Crippen LogP contribution < -0.4 is 10.2 Å². The second-order valence-corrected chi connectivity index (χ2v) is 8.42. The van der Waals surface area contributed by atoms with Crippen LogP contribution in [0.4, 0.5) is 15.8 Å². The summed E-state index contributed by atoms with van der Waals surface area (Å²) in [6, 6.07) is 10.1. The molecular formula is C20H17Cl2FN2OS. The predicted molar refractivity (Wildman–Crippen MR) is 112 cm³/mol. The Morgan fingerprint density at radius 3 is 2.59 bits per heavy atom. The smallest absolute Gasteiger partial charge is 0.267 e. The Hall–Kier alpha value is -1.82. The number of hydrogen-bond acceptors (Lipinski definition) is 3. The molecule has 7 heteroatoms. The molecule has 1 aliphatic heterocycles. The Morgan fingerprint density at radius 1 is 1.07 bits per heavy atom. The van der Waals surface area contributed by atoms with Crippen LogP contribution in [0.5, 0.6) is 0 Å². The summed E-state index contributed by atoms with van der Waals surface area (Å²) in [4.78, 5) is 15.1. The van der Waals surface area contributed by atoms with Crippen LogP contribution in [0.2, 0.25) is 10.0 Å². The molecule has 1 N–H and O–H groups in total. The summed E-state index contributed by atoms with van der Waals surface area (Å²) in [5.74, 6) is -0.689.